The first-order chi connectivity index (χ1) is 19.8. The van der Waals surface area contributed by atoms with Crippen molar-refractivity contribution in [2.24, 2.45) is 0 Å². The molecule has 0 aliphatic carbocycles. The van der Waals surface area contributed by atoms with Crippen LogP contribution in [0.5, 0.6) is 0 Å². The number of rotatable bonds is 12. The highest BCUT2D eigenvalue weighted by atomic mass is 35.5. The Bertz CT molecular complexity index is 1530. The average Bonchev–Trinajstić information content (AvgIpc) is 2.95. The zero-order valence-corrected chi connectivity index (χ0v) is 27.5. The SMILES string of the molecule is CC[C@@H](C)NC(=O)[C@H](CC)N(Cc1ccc(Cl)c(Cl)c1)C(=O)CN(c1ccc(Cl)c(Cl)c1)S(=O)(=O)c1ccc(C)cc1. The normalized spacial score (nSPS) is 12.9. The van der Waals surface area contributed by atoms with E-state index in [1.54, 1.807) is 37.3 Å². The average molecular weight is 673 g/mol. The van der Waals surface area contributed by atoms with Crippen LogP contribution in [0.4, 0.5) is 5.69 Å². The lowest BCUT2D eigenvalue weighted by atomic mass is 10.1. The van der Waals surface area contributed by atoms with Crippen LogP contribution in [0.3, 0.4) is 0 Å². The molecule has 7 nitrogen and oxygen atoms in total. The fourth-order valence-corrected chi connectivity index (χ4v) is 6.22. The molecule has 0 unspecified atom stereocenters. The Morgan fingerprint density at radius 2 is 1.43 bits per heavy atom. The van der Waals surface area contributed by atoms with Gasteiger partial charge in [-0.2, -0.15) is 0 Å². The predicted octanol–water partition coefficient (Wildman–Crippen LogP) is 7.53. The second-order valence-corrected chi connectivity index (χ2v) is 13.4. The van der Waals surface area contributed by atoms with Crippen molar-refractivity contribution in [1.82, 2.24) is 10.2 Å². The summed E-state index contributed by atoms with van der Waals surface area (Å²) >= 11 is 24.7. The van der Waals surface area contributed by atoms with Crippen LogP contribution in [0.1, 0.15) is 44.7 Å². The molecule has 0 spiro atoms. The number of carbonyl (C=O) groups is 2. The van der Waals surface area contributed by atoms with Gasteiger partial charge in [-0.1, -0.05) is 84.0 Å². The van der Waals surface area contributed by atoms with E-state index < -0.39 is 28.5 Å². The van der Waals surface area contributed by atoms with Crippen LogP contribution < -0.4 is 9.62 Å². The summed E-state index contributed by atoms with van der Waals surface area (Å²) in [6.45, 7) is 6.82. The Kier molecular flexibility index (Phi) is 12.0. The van der Waals surface area contributed by atoms with E-state index in [4.69, 9.17) is 46.4 Å². The monoisotopic (exact) mass is 671 g/mol. The second-order valence-electron chi connectivity index (χ2n) is 9.94. The molecule has 0 saturated heterocycles. The molecule has 0 radical (unpaired) electrons. The van der Waals surface area contributed by atoms with Crippen LogP contribution in [0.25, 0.3) is 0 Å². The Hall–Kier alpha value is -2.49. The lowest BCUT2D eigenvalue weighted by Gasteiger charge is -2.34. The van der Waals surface area contributed by atoms with Crippen LogP contribution in [0.15, 0.2) is 65.6 Å². The van der Waals surface area contributed by atoms with Crippen molar-refractivity contribution < 1.29 is 18.0 Å². The second kappa shape index (κ2) is 14.8. The number of hydrogen-bond acceptors (Lipinski definition) is 4. The van der Waals surface area contributed by atoms with E-state index in [2.05, 4.69) is 5.32 Å². The molecule has 3 rings (SSSR count). The standard InChI is InChI=1S/C30H33Cl4N3O4S/c1-5-20(4)35-30(39)28(6-2)36(17-21-9-13-24(31)26(33)15-21)29(38)18-37(22-10-14-25(32)27(34)16-22)42(40,41)23-11-7-19(3)8-12-23/h7-16,20,28H,5-6,17-18H2,1-4H3,(H,35,39)/t20-,28+/m1/s1. The van der Waals surface area contributed by atoms with E-state index in [0.29, 0.717) is 17.0 Å². The van der Waals surface area contributed by atoms with Crippen molar-refractivity contribution in [2.45, 2.75) is 64.1 Å². The molecule has 42 heavy (non-hydrogen) atoms. The first kappa shape index (κ1) is 34.0. The first-order valence-corrected chi connectivity index (χ1v) is 16.3. The summed E-state index contributed by atoms with van der Waals surface area (Å²) in [6.07, 6.45) is 0.982. The Morgan fingerprint density at radius 3 is 1.98 bits per heavy atom. The van der Waals surface area contributed by atoms with Crippen molar-refractivity contribution >= 4 is 73.9 Å². The molecule has 0 aromatic heterocycles. The van der Waals surface area contributed by atoms with Crippen LogP contribution >= 0.6 is 46.4 Å². The fraction of sp³-hybridized carbons (Fsp3) is 0.333. The van der Waals surface area contributed by atoms with Gasteiger partial charge in [-0.05, 0) is 74.7 Å². The number of hydrogen-bond donors (Lipinski definition) is 1. The minimum atomic E-state index is -4.24. The highest BCUT2D eigenvalue weighted by Gasteiger charge is 2.34. The van der Waals surface area contributed by atoms with Crippen LogP contribution in [0.2, 0.25) is 20.1 Å². The molecule has 1 N–H and O–H groups in total. The van der Waals surface area contributed by atoms with Crippen molar-refractivity contribution in [3.05, 3.63) is 91.9 Å². The molecule has 0 bridgehead atoms. The molecule has 12 heteroatoms. The molecule has 0 fully saturated rings. The summed E-state index contributed by atoms with van der Waals surface area (Å²) in [5.41, 5.74) is 1.64. The van der Waals surface area contributed by atoms with Crippen LogP contribution in [0, 0.1) is 6.92 Å². The molecule has 2 atom stereocenters. The predicted molar refractivity (Wildman–Crippen MR) is 171 cm³/mol. The van der Waals surface area contributed by atoms with Crippen LogP contribution in [-0.4, -0.2) is 43.8 Å². The maximum atomic E-state index is 14.1. The molecule has 3 aromatic rings. The van der Waals surface area contributed by atoms with Gasteiger partial charge in [0.2, 0.25) is 11.8 Å². The number of anilines is 1. The quantitative estimate of drug-likeness (QED) is 0.216. The van der Waals surface area contributed by atoms with Gasteiger partial charge in [-0.3, -0.25) is 13.9 Å². The molecule has 0 saturated carbocycles. The Balaban J connectivity index is 2.10. The van der Waals surface area contributed by atoms with Crippen molar-refractivity contribution in [3.8, 4) is 0 Å². The number of carbonyl (C=O) groups excluding carboxylic acids is 2. The first-order valence-electron chi connectivity index (χ1n) is 13.4. The van der Waals surface area contributed by atoms with Gasteiger partial charge in [-0.15, -0.1) is 0 Å². The Labute approximate surface area is 267 Å². The fourth-order valence-electron chi connectivity index (χ4n) is 4.20. The largest absolute Gasteiger partial charge is 0.352 e. The molecule has 2 amide bonds. The van der Waals surface area contributed by atoms with Gasteiger partial charge in [0.15, 0.2) is 0 Å². The van der Waals surface area contributed by atoms with Gasteiger partial charge < -0.3 is 10.2 Å². The minimum absolute atomic E-state index is 0.00967. The van der Waals surface area contributed by atoms with E-state index in [-0.39, 0.29) is 50.6 Å². The van der Waals surface area contributed by atoms with Gasteiger partial charge in [0.25, 0.3) is 10.0 Å². The van der Waals surface area contributed by atoms with Crippen molar-refractivity contribution in [1.29, 1.82) is 0 Å². The lowest BCUT2D eigenvalue weighted by Crippen LogP contribution is -2.53. The van der Waals surface area contributed by atoms with Crippen molar-refractivity contribution in [3.63, 3.8) is 0 Å². The Morgan fingerprint density at radius 1 is 0.833 bits per heavy atom. The number of benzene rings is 3. The molecule has 0 heterocycles. The van der Waals surface area contributed by atoms with Crippen LogP contribution in [-0.2, 0) is 26.2 Å². The third-order valence-corrected chi connectivity index (χ3v) is 10.1. The lowest BCUT2D eigenvalue weighted by molar-refractivity contribution is -0.140. The van der Waals surface area contributed by atoms with Gasteiger partial charge in [0.1, 0.15) is 12.6 Å². The molecule has 0 aliphatic heterocycles. The molecule has 0 aliphatic rings. The zero-order valence-electron chi connectivity index (χ0n) is 23.7. The third kappa shape index (κ3) is 8.32. The number of nitrogens with one attached hydrogen (secondary N) is 1. The van der Waals surface area contributed by atoms with Gasteiger partial charge in [0.05, 0.1) is 30.7 Å². The minimum Gasteiger partial charge on any atom is -0.352 e. The summed E-state index contributed by atoms with van der Waals surface area (Å²) in [5.74, 6) is -0.947. The smallest absolute Gasteiger partial charge is 0.264 e. The number of aryl methyl sites for hydroxylation is 1. The zero-order chi connectivity index (χ0) is 31.2. The van der Waals surface area contributed by atoms with Crippen molar-refractivity contribution in [2.75, 3.05) is 10.8 Å². The molecular formula is C30H33Cl4N3O4S. The van der Waals surface area contributed by atoms with E-state index >= 15 is 0 Å². The summed E-state index contributed by atoms with van der Waals surface area (Å²) < 4.78 is 28.9. The van der Waals surface area contributed by atoms with Gasteiger partial charge in [-0.25, -0.2) is 8.42 Å². The molecule has 3 aromatic carbocycles. The number of sulfonamides is 1. The third-order valence-electron chi connectivity index (χ3n) is 6.80. The van der Waals surface area contributed by atoms with E-state index in [1.165, 1.54) is 35.2 Å². The van der Waals surface area contributed by atoms with E-state index in [1.807, 2.05) is 20.8 Å². The van der Waals surface area contributed by atoms with E-state index in [9.17, 15) is 18.0 Å². The maximum absolute atomic E-state index is 14.1. The summed E-state index contributed by atoms with van der Waals surface area (Å²) in [4.78, 5) is 28.9. The molecular weight excluding hydrogens is 640 g/mol. The number of nitrogens with zero attached hydrogens (tertiary/aromatic N) is 2. The summed E-state index contributed by atoms with van der Waals surface area (Å²) in [5, 5.41) is 3.92. The van der Waals surface area contributed by atoms with Gasteiger partial charge >= 0.3 is 0 Å². The number of amides is 2. The maximum Gasteiger partial charge on any atom is 0.264 e. The highest BCUT2D eigenvalue weighted by Crippen LogP contribution is 2.31. The summed E-state index contributed by atoms with van der Waals surface area (Å²) in [7, 11) is -4.24. The highest BCUT2D eigenvalue weighted by molar-refractivity contribution is 7.92. The topological polar surface area (TPSA) is 86.8 Å². The van der Waals surface area contributed by atoms with E-state index in [0.717, 1.165) is 9.87 Å². The number of halogens is 4. The summed E-state index contributed by atoms with van der Waals surface area (Å²) in [6, 6.07) is 14.5. The molecule has 226 valence electrons. The van der Waals surface area contributed by atoms with Gasteiger partial charge in [0, 0.05) is 12.6 Å².